The Kier molecular flexibility index (Phi) is 5.37. The molecule has 0 radical (unpaired) electrons. The fourth-order valence-corrected chi connectivity index (χ4v) is 3.10. The number of nitrogens with zero attached hydrogens (tertiary/aromatic N) is 1. The number of rotatable bonds is 4. The maximum absolute atomic E-state index is 13.2. The fourth-order valence-electron chi connectivity index (χ4n) is 2.87. The van der Waals surface area contributed by atoms with E-state index in [4.69, 9.17) is 12.2 Å². The van der Waals surface area contributed by atoms with Crippen LogP contribution in [-0.4, -0.2) is 23.1 Å². The van der Waals surface area contributed by atoms with Crippen molar-refractivity contribution in [3.63, 3.8) is 0 Å². The van der Waals surface area contributed by atoms with Gasteiger partial charge in [-0.3, -0.25) is 4.90 Å². The highest BCUT2D eigenvalue weighted by Crippen LogP contribution is 2.17. The smallest absolute Gasteiger partial charge is 0.175 e. The molecule has 1 fully saturated rings. The molecule has 126 valence electrons. The largest absolute Gasteiger partial charge is 0.332 e. The molecule has 0 saturated carbocycles. The summed E-state index contributed by atoms with van der Waals surface area (Å²) in [6.45, 7) is 3.20. The van der Waals surface area contributed by atoms with E-state index in [1.165, 1.54) is 30.5 Å². The molecule has 1 aliphatic rings. The van der Waals surface area contributed by atoms with Crippen molar-refractivity contribution < 1.29 is 8.78 Å². The van der Waals surface area contributed by atoms with Gasteiger partial charge < -0.3 is 10.6 Å². The van der Waals surface area contributed by atoms with Crippen LogP contribution in [0.1, 0.15) is 18.4 Å². The Morgan fingerprint density at radius 3 is 2.33 bits per heavy atom. The molecule has 0 atom stereocenters. The van der Waals surface area contributed by atoms with E-state index in [0.29, 0.717) is 5.11 Å². The molecule has 24 heavy (non-hydrogen) atoms. The van der Waals surface area contributed by atoms with Gasteiger partial charge in [-0.05, 0) is 68.0 Å². The number of benzene rings is 2. The predicted octanol–water partition coefficient (Wildman–Crippen LogP) is 4.37. The van der Waals surface area contributed by atoms with Crippen LogP contribution in [-0.2, 0) is 6.54 Å². The van der Waals surface area contributed by atoms with Crippen LogP contribution in [0.2, 0.25) is 0 Å². The average molecular weight is 347 g/mol. The van der Waals surface area contributed by atoms with E-state index in [2.05, 4.69) is 21.6 Å². The van der Waals surface area contributed by atoms with Crippen LogP contribution in [0.5, 0.6) is 0 Å². The molecule has 0 aromatic heterocycles. The summed E-state index contributed by atoms with van der Waals surface area (Å²) >= 11 is 5.21. The minimum absolute atomic E-state index is 0.276. The summed E-state index contributed by atoms with van der Waals surface area (Å²) in [6, 6.07) is 11.2. The van der Waals surface area contributed by atoms with Crippen LogP contribution in [0.3, 0.4) is 0 Å². The first-order valence-electron chi connectivity index (χ1n) is 7.94. The first-order chi connectivity index (χ1) is 11.6. The molecular formula is C18H19F2N3S. The first kappa shape index (κ1) is 16.8. The van der Waals surface area contributed by atoms with E-state index < -0.39 is 11.6 Å². The van der Waals surface area contributed by atoms with Crippen LogP contribution >= 0.6 is 12.2 Å². The van der Waals surface area contributed by atoms with Crippen molar-refractivity contribution in [1.82, 2.24) is 4.90 Å². The number of anilines is 2. The Labute approximate surface area is 145 Å². The molecule has 1 heterocycles. The van der Waals surface area contributed by atoms with E-state index in [9.17, 15) is 8.78 Å². The number of hydrogen-bond acceptors (Lipinski definition) is 2. The second-order valence-corrected chi connectivity index (χ2v) is 6.33. The lowest BCUT2D eigenvalue weighted by molar-refractivity contribution is 0.331. The predicted molar refractivity (Wildman–Crippen MR) is 97.2 cm³/mol. The molecule has 0 aliphatic carbocycles. The second-order valence-electron chi connectivity index (χ2n) is 5.92. The zero-order valence-corrected chi connectivity index (χ0v) is 14.0. The summed E-state index contributed by atoms with van der Waals surface area (Å²) in [4.78, 5) is 2.42. The molecule has 1 saturated heterocycles. The zero-order valence-electron chi connectivity index (χ0n) is 13.2. The molecule has 0 bridgehead atoms. The highest BCUT2D eigenvalue weighted by molar-refractivity contribution is 7.80. The van der Waals surface area contributed by atoms with Crippen molar-refractivity contribution in [2.75, 3.05) is 23.7 Å². The monoisotopic (exact) mass is 347 g/mol. The number of nitrogens with one attached hydrogen (secondary N) is 2. The third-order valence-electron chi connectivity index (χ3n) is 3.91. The van der Waals surface area contributed by atoms with Crippen molar-refractivity contribution in [3.8, 4) is 0 Å². The topological polar surface area (TPSA) is 27.3 Å². The molecule has 3 rings (SSSR count). The minimum atomic E-state index is -0.645. The average Bonchev–Trinajstić information content (AvgIpc) is 2.99. The minimum Gasteiger partial charge on any atom is -0.332 e. The van der Waals surface area contributed by atoms with Crippen molar-refractivity contribution in [2.24, 2.45) is 0 Å². The molecular weight excluding hydrogens is 328 g/mol. The Hall–Kier alpha value is -2.05. The zero-order chi connectivity index (χ0) is 16.9. The van der Waals surface area contributed by atoms with Crippen molar-refractivity contribution in [1.29, 1.82) is 0 Å². The SMILES string of the molecule is Fc1cc(F)cc(NC(=S)Nc2cccc(CN3CCCC3)c2)c1. The number of thiocarbonyl (C=S) groups is 1. The fraction of sp³-hybridized carbons (Fsp3) is 0.278. The van der Waals surface area contributed by atoms with Gasteiger partial charge in [0.1, 0.15) is 11.6 Å². The molecule has 1 aliphatic heterocycles. The van der Waals surface area contributed by atoms with Crippen molar-refractivity contribution in [3.05, 3.63) is 59.7 Å². The quantitative estimate of drug-likeness (QED) is 0.803. The number of halogens is 2. The van der Waals surface area contributed by atoms with Gasteiger partial charge in [0.2, 0.25) is 0 Å². The van der Waals surface area contributed by atoms with E-state index in [1.54, 1.807) is 0 Å². The Morgan fingerprint density at radius 2 is 1.62 bits per heavy atom. The summed E-state index contributed by atoms with van der Waals surface area (Å²) in [5.74, 6) is -1.29. The van der Waals surface area contributed by atoms with E-state index in [-0.39, 0.29) is 5.69 Å². The molecule has 0 unspecified atom stereocenters. The van der Waals surface area contributed by atoms with Crippen LogP contribution in [0, 0.1) is 11.6 Å². The van der Waals surface area contributed by atoms with E-state index >= 15 is 0 Å². The number of likely N-dealkylation sites (tertiary alicyclic amines) is 1. The Morgan fingerprint density at radius 1 is 0.958 bits per heavy atom. The lowest BCUT2D eigenvalue weighted by Gasteiger charge is -2.16. The standard InChI is InChI=1S/C18H19F2N3S/c19-14-9-15(20)11-17(10-14)22-18(24)21-16-5-3-4-13(8-16)12-23-6-1-2-7-23/h3-5,8-11H,1-2,6-7,12H2,(H2,21,22,24). The van der Waals surface area contributed by atoms with Crippen LogP contribution < -0.4 is 10.6 Å². The third-order valence-corrected chi connectivity index (χ3v) is 4.11. The summed E-state index contributed by atoms with van der Waals surface area (Å²) < 4.78 is 26.4. The van der Waals surface area contributed by atoms with E-state index in [1.807, 2.05) is 18.2 Å². The molecule has 6 heteroatoms. The summed E-state index contributed by atoms with van der Waals surface area (Å²) in [6.07, 6.45) is 2.52. The summed E-state index contributed by atoms with van der Waals surface area (Å²) in [7, 11) is 0. The van der Waals surface area contributed by atoms with Gasteiger partial charge in [0.05, 0.1) is 0 Å². The lowest BCUT2D eigenvalue weighted by atomic mass is 10.2. The molecule has 3 nitrogen and oxygen atoms in total. The molecule has 2 N–H and O–H groups in total. The van der Waals surface area contributed by atoms with Crippen LogP contribution in [0.4, 0.5) is 20.2 Å². The molecule has 2 aromatic rings. The van der Waals surface area contributed by atoms with Gasteiger partial charge in [-0.25, -0.2) is 8.78 Å². The molecule has 2 aromatic carbocycles. The van der Waals surface area contributed by atoms with Crippen molar-refractivity contribution >= 4 is 28.7 Å². The Balaban J connectivity index is 1.61. The normalized spacial score (nSPS) is 14.6. The summed E-state index contributed by atoms with van der Waals surface area (Å²) in [5, 5.41) is 6.14. The highest BCUT2D eigenvalue weighted by atomic mass is 32.1. The van der Waals surface area contributed by atoms with Gasteiger partial charge >= 0.3 is 0 Å². The van der Waals surface area contributed by atoms with Gasteiger partial charge in [0, 0.05) is 24.0 Å². The molecule has 0 amide bonds. The second kappa shape index (κ2) is 7.68. The van der Waals surface area contributed by atoms with Crippen LogP contribution in [0.15, 0.2) is 42.5 Å². The lowest BCUT2D eigenvalue weighted by Crippen LogP contribution is -2.20. The van der Waals surface area contributed by atoms with Crippen molar-refractivity contribution in [2.45, 2.75) is 19.4 Å². The number of hydrogen-bond donors (Lipinski definition) is 2. The van der Waals surface area contributed by atoms with Gasteiger partial charge in [0.25, 0.3) is 0 Å². The van der Waals surface area contributed by atoms with E-state index in [0.717, 1.165) is 31.4 Å². The van der Waals surface area contributed by atoms with Gasteiger partial charge in [-0.2, -0.15) is 0 Å². The third kappa shape index (κ3) is 4.72. The van der Waals surface area contributed by atoms with Gasteiger partial charge in [-0.15, -0.1) is 0 Å². The van der Waals surface area contributed by atoms with Crippen LogP contribution in [0.25, 0.3) is 0 Å². The Bertz CT molecular complexity index is 710. The first-order valence-corrected chi connectivity index (χ1v) is 8.35. The maximum Gasteiger partial charge on any atom is 0.175 e. The molecule has 0 spiro atoms. The van der Waals surface area contributed by atoms with Gasteiger partial charge in [-0.1, -0.05) is 12.1 Å². The van der Waals surface area contributed by atoms with Gasteiger partial charge in [0.15, 0.2) is 5.11 Å². The highest BCUT2D eigenvalue weighted by Gasteiger charge is 2.12. The summed E-state index contributed by atoms with van der Waals surface area (Å²) in [5.41, 5.74) is 2.33. The maximum atomic E-state index is 13.2.